The Hall–Kier alpha value is -2.38. The fourth-order valence-corrected chi connectivity index (χ4v) is 4.04. The second-order valence-electron chi connectivity index (χ2n) is 7.92. The minimum atomic E-state index is -1.48. The van der Waals surface area contributed by atoms with Gasteiger partial charge in [-0.3, -0.25) is 19.2 Å². The maximum absolute atomic E-state index is 12.9. The first-order valence-electron chi connectivity index (χ1n) is 10.9. The molecule has 1 rings (SSSR count). The summed E-state index contributed by atoms with van der Waals surface area (Å²) < 4.78 is 0. The predicted octanol–water partition coefficient (Wildman–Crippen LogP) is -1.28. The van der Waals surface area contributed by atoms with Crippen molar-refractivity contribution in [2.75, 3.05) is 25.1 Å². The third kappa shape index (κ3) is 9.56. The second kappa shape index (κ2) is 14.7. The van der Waals surface area contributed by atoms with Crippen LogP contribution < -0.4 is 22.1 Å². The molecule has 0 spiro atoms. The Kier molecular flexibility index (Phi) is 12.8. The van der Waals surface area contributed by atoms with E-state index >= 15 is 0 Å². The van der Waals surface area contributed by atoms with Gasteiger partial charge in [-0.25, -0.2) is 4.79 Å². The van der Waals surface area contributed by atoms with Gasteiger partial charge in [0.05, 0.1) is 12.5 Å². The van der Waals surface area contributed by atoms with E-state index in [9.17, 15) is 34.2 Å². The summed E-state index contributed by atoms with van der Waals surface area (Å²) in [5, 5.41) is 23.2. The first-order chi connectivity index (χ1) is 15.6. The zero-order valence-corrected chi connectivity index (χ0v) is 19.6. The fraction of sp³-hybridized carbons (Fsp3) is 0.750. The van der Waals surface area contributed by atoms with Gasteiger partial charge in [-0.15, -0.1) is 0 Å². The lowest BCUT2D eigenvalue weighted by atomic mass is 10.1. The van der Waals surface area contributed by atoms with Crippen LogP contribution in [0, 0.1) is 0 Å². The minimum Gasteiger partial charge on any atom is -0.481 e. The number of unbranched alkanes of at least 4 members (excludes halogenated alkanes) is 1. The van der Waals surface area contributed by atoms with Crippen molar-refractivity contribution in [2.45, 2.75) is 69.1 Å². The third-order valence-electron chi connectivity index (χ3n) is 5.36. The van der Waals surface area contributed by atoms with E-state index in [2.05, 4.69) is 10.6 Å². The van der Waals surface area contributed by atoms with Crippen molar-refractivity contribution in [1.82, 2.24) is 15.5 Å². The van der Waals surface area contributed by atoms with E-state index in [4.69, 9.17) is 11.5 Å². The average Bonchev–Trinajstić information content (AvgIpc) is 3.25. The maximum atomic E-state index is 12.9. The number of thioether (sulfide) groups is 1. The van der Waals surface area contributed by atoms with E-state index < -0.39 is 54.3 Å². The number of nitrogens with one attached hydrogen (secondary N) is 2. The minimum absolute atomic E-state index is 0.142. The number of nitrogens with zero attached hydrogens (tertiary/aromatic N) is 1. The molecule has 3 amide bonds. The molecule has 1 aliphatic heterocycles. The molecule has 1 heterocycles. The van der Waals surface area contributed by atoms with Crippen LogP contribution in [0.4, 0.5) is 0 Å². The Bertz CT molecular complexity index is 708. The lowest BCUT2D eigenvalue weighted by Gasteiger charge is -2.28. The summed E-state index contributed by atoms with van der Waals surface area (Å²) in [5.74, 6) is -4.09. The number of carboxylic acid groups (broad SMARTS) is 2. The Morgan fingerprint density at radius 2 is 1.79 bits per heavy atom. The van der Waals surface area contributed by atoms with Crippen molar-refractivity contribution in [1.29, 1.82) is 0 Å². The van der Waals surface area contributed by atoms with Crippen LogP contribution in [-0.4, -0.2) is 94.0 Å². The number of rotatable bonds is 15. The number of carbonyl (C=O) groups excluding carboxylic acids is 3. The molecule has 0 bridgehead atoms. The molecule has 0 aromatic carbocycles. The Labute approximate surface area is 197 Å². The van der Waals surface area contributed by atoms with Crippen molar-refractivity contribution in [3.05, 3.63) is 0 Å². The molecule has 4 unspecified atom stereocenters. The number of hydrogen-bond donors (Lipinski definition) is 6. The number of carboxylic acids is 2. The summed E-state index contributed by atoms with van der Waals surface area (Å²) in [6.07, 6.45) is 3.94. The van der Waals surface area contributed by atoms with Crippen molar-refractivity contribution >= 4 is 41.4 Å². The molecule has 0 aromatic heterocycles. The Balaban J connectivity index is 2.85. The van der Waals surface area contributed by atoms with E-state index in [0.717, 1.165) is 6.42 Å². The summed E-state index contributed by atoms with van der Waals surface area (Å²) in [4.78, 5) is 62.2. The molecular weight excluding hydrogens is 454 g/mol. The van der Waals surface area contributed by atoms with Gasteiger partial charge in [0.1, 0.15) is 18.1 Å². The molecule has 1 saturated heterocycles. The molecule has 0 aromatic rings. The normalized spacial score (nSPS) is 18.3. The van der Waals surface area contributed by atoms with Crippen LogP contribution in [0.3, 0.4) is 0 Å². The van der Waals surface area contributed by atoms with Gasteiger partial charge in [0, 0.05) is 6.54 Å². The zero-order valence-electron chi connectivity index (χ0n) is 18.8. The van der Waals surface area contributed by atoms with Crippen molar-refractivity contribution in [3.8, 4) is 0 Å². The van der Waals surface area contributed by atoms with Gasteiger partial charge in [0.2, 0.25) is 17.7 Å². The number of nitrogens with two attached hydrogens (primary N) is 2. The molecule has 12 nitrogen and oxygen atoms in total. The molecule has 0 saturated carbocycles. The van der Waals surface area contributed by atoms with Crippen LogP contribution in [-0.2, 0) is 24.0 Å². The smallest absolute Gasteiger partial charge is 0.326 e. The van der Waals surface area contributed by atoms with Crippen molar-refractivity contribution < 1.29 is 34.2 Å². The average molecular weight is 490 g/mol. The van der Waals surface area contributed by atoms with E-state index in [-0.39, 0.29) is 12.3 Å². The van der Waals surface area contributed by atoms with E-state index in [1.165, 1.54) is 16.7 Å². The van der Waals surface area contributed by atoms with Crippen LogP contribution in [0.5, 0.6) is 0 Å². The van der Waals surface area contributed by atoms with Gasteiger partial charge in [-0.05, 0) is 50.7 Å². The lowest BCUT2D eigenvalue weighted by Crippen LogP contribution is -2.57. The molecule has 33 heavy (non-hydrogen) atoms. The van der Waals surface area contributed by atoms with Crippen LogP contribution in [0.15, 0.2) is 0 Å². The van der Waals surface area contributed by atoms with Gasteiger partial charge < -0.3 is 37.2 Å². The lowest BCUT2D eigenvalue weighted by molar-refractivity contribution is -0.144. The number of amides is 3. The largest absolute Gasteiger partial charge is 0.481 e. The third-order valence-corrected chi connectivity index (χ3v) is 6.01. The molecular formula is C20H35N5O7S. The summed E-state index contributed by atoms with van der Waals surface area (Å²) in [5.41, 5.74) is 11.4. The van der Waals surface area contributed by atoms with E-state index in [1.54, 1.807) is 6.26 Å². The standard InChI is InChI=1S/C20H35N5O7S/c1-33-10-7-13(20(31)32)23-17(28)14(11-16(26)27)24-18(29)15-6-4-9-25(15)19(30)12(22)5-2-3-8-21/h12-15H,2-11,21-22H2,1H3,(H,23,28)(H,24,29)(H,26,27)(H,31,32). The summed E-state index contributed by atoms with van der Waals surface area (Å²) in [6, 6.07) is -4.36. The van der Waals surface area contributed by atoms with E-state index in [0.29, 0.717) is 44.5 Å². The molecule has 0 radical (unpaired) electrons. The highest BCUT2D eigenvalue weighted by molar-refractivity contribution is 7.98. The molecule has 8 N–H and O–H groups in total. The van der Waals surface area contributed by atoms with Gasteiger partial charge in [0.15, 0.2) is 0 Å². The molecule has 13 heteroatoms. The van der Waals surface area contributed by atoms with Gasteiger partial charge in [0.25, 0.3) is 0 Å². The summed E-state index contributed by atoms with van der Waals surface area (Å²) in [7, 11) is 0. The van der Waals surface area contributed by atoms with Gasteiger partial charge in [-0.2, -0.15) is 11.8 Å². The summed E-state index contributed by atoms with van der Waals surface area (Å²) >= 11 is 1.40. The molecule has 188 valence electrons. The van der Waals surface area contributed by atoms with Crippen LogP contribution >= 0.6 is 11.8 Å². The van der Waals surface area contributed by atoms with Gasteiger partial charge in [-0.1, -0.05) is 6.42 Å². The molecule has 0 aliphatic carbocycles. The zero-order chi connectivity index (χ0) is 25.0. The second-order valence-corrected chi connectivity index (χ2v) is 8.91. The first-order valence-corrected chi connectivity index (χ1v) is 12.3. The van der Waals surface area contributed by atoms with Crippen molar-refractivity contribution in [2.24, 2.45) is 11.5 Å². The van der Waals surface area contributed by atoms with Gasteiger partial charge >= 0.3 is 11.9 Å². The predicted molar refractivity (Wildman–Crippen MR) is 122 cm³/mol. The Morgan fingerprint density at radius 3 is 2.36 bits per heavy atom. The molecule has 1 aliphatic rings. The van der Waals surface area contributed by atoms with Crippen molar-refractivity contribution in [3.63, 3.8) is 0 Å². The highest BCUT2D eigenvalue weighted by Gasteiger charge is 2.38. The topological polar surface area (TPSA) is 205 Å². The molecule has 4 atom stereocenters. The Morgan fingerprint density at radius 1 is 1.09 bits per heavy atom. The summed E-state index contributed by atoms with van der Waals surface area (Å²) in [6.45, 7) is 0.815. The molecule has 1 fully saturated rings. The number of carbonyl (C=O) groups is 5. The number of hydrogen-bond acceptors (Lipinski definition) is 8. The fourth-order valence-electron chi connectivity index (χ4n) is 3.57. The van der Waals surface area contributed by atoms with E-state index in [1.807, 2.05) is 0 Å². The van der Waals surface area contributed by atoms with Crippen LogP contribution in [0.1, 0.15) is 44.9 Å². The number of aliphatic carboxylic acids is 2. The quantitative estimate of drug-likeness (QED) is 0.150. The monoisotopic (exact) mass is 489 g/mol. The van der Waals surface area contributed by atoms with Crippen LogP contribution in [0.2, 0.25) is 0 Å². The number of likely N-dealkylation sites (tertiary alicyclic amines) is 1. The first kappa shape index (κ1) is 28.7. The highest BCUT2D eigenvalue weighted by atomic mass is 32.2. The maximum Gasteiger partial charge on any atom is 0.326 e. The highest BCUT2D eigenvalue weighted by Crippen LogP contribution is 2.19. The SMILES string of the molecule is CSCCC(NC(=O)C(CC(=O)O)NC(=O)C1CCCN1C(=O)C(N)CCCCN)C(=O)O. The van der Waals surface area contributed by atoms with Crippen LogP contribution in [0.25, 0.3) is 0 Å².